The highest BCUT2D eigenvalue weighted by Crippen LogP contribution is 2.31. The van der Waals surface area contributed by atoms with Crippen LogP contribution in [-0.2, 0) is 9.59 Å². The number of ketones is 2. The maximum atomic E-state index is 11.0. The third kappa shape index (κ3) is 2.38. The van der Waals surface area contributed by atoms with E-state index in [4.69, 9.17) is 5.11 Å². The molecule has 3 N–H and O–H groups in total. The molecule has 16 heavy (non-hydrogen) atoms. The molecular weight excluding hydrogens is 212 g/mol. The lowest BCUT2D eigenvalue weighted by Gasteiger charge is -2.04. The third-order valence-electron chi connectivity index (χ3n) is 1.91. The molecule has 1 aromatic carbocycles. The van der Waals surface area contributed by atoms with Gasteiger partial charge in [-0.2, -0.15) is 0 Å². The normalized spacial score (nSPS) is 11.2. The van der Waals surface area contributed by atoms with E-state index < -0.39 is 28.8 Å². The number of hydrogen-bond donors (Lipinski definition) is 3. The van der Waals surface area contributed by atoms with Crippen LogP contribution in [-0.4, -0.2) is 26.9 Å². The van der Waals surface area contributed by atoms with E-state index in [1.165, 1.54) is 18.2 Å². The van der Waals surface area contributed by atoms with E-state index in [0.29, 0.717) is 6.08 Å². The molecule has 0 atom stereocenters. The van der Waals surface area contributed by atoms with Gasteiger partial charge in [0.15, 0.2) is 17.3 Å². The van der Waals surface area contributed by atoms with Gasteiger partial charge in [-0.1, -0.05) is 6.07 Å². The lowest BCUT2D eigenvalue weighted by molar-refractivity contribution is -0.132. The van der Waals surface area contributed by atoms with Gasteiger partial charge in [0.1, 0.15) is 5.76 Å². The number of aromatic hydroxyl groups is 2. The van der Waals surface area contributed by atoms with Crippen LogP contribution in [0.2, 0.25) is 0 Å². The number of aliphatic hydroxyl groups excluding tert-OH is 1. The fourth-order valence-electron chi connectivity index (χ4n) is 1.04. The monoisotopic (exact) mass is 222 g/mol. The first kappa shape index (κ1) is 11.8. The number of phenolic OH excluding ortho intramolecular Hbond substituents is 2. The molecule has 5 nitrogen and oxygen atoms in total. The van der Waals surface area contributed by atoms with Crippen molar-refractivity contribution in [2.45, 2.75) is 6.92 Å². The van der Waals surface area contributed by atoms with Gasteiger partial charge in [-0.3, -0.25) is 9.59 Å². The Labute approximate surface area is 91.3 Å². The molecule has 84 valence electrons. The number of carbonyl (C=O) groups is 2. The van der Waals surface area contributed by atoms with Crippen LogP contribution in [0.4, 0.5) is 0 Å². The maximum absolute atomic E-state index is 11.0. The van der Waals surface area contributed by atoms with E-state index in [1.54, 1.807) is 0 Å². The van der Waals surface area contributed by atoms with Crippen molar-refractivity contribution in [2.24, 2.45) is 0 Å². The van der Waals surface area contributed by atoms with Crippen molar-refractivity contribution in [2.75, 3.05) is 0 Å². The molecule has 0 aliphatic heterocycles. The van der Waals surface area contributed by atoms with Crippen LogP contribution in [0.5, 0.6) is 11.5 Å². The SMILES string of the molecule is CC(=O)C(=O)C=C(O)c1cccc(O)c1O. The maximum Gasteiger partial charge on any atom is 0.224 e. The van der Waals surface area contributed by atoms with Crippen LogP contribution >= 0.6 is 0 Å². The molecule has 0 saturated heterocycles. The second-order valence-electron chi connectivity index (χ2n) is 3.12. The quantitative estimate of drug-likeness (QED) is 0.308. The molecule has 0 radical (unpaired) electrons. The number of Topliss-reactive ketones (excluding diaryl/α,β-unsaturated/α-hetero) is 1. The number of carbonyl (C=O) groups excluding carboxylic acids is 2. The smallest absolute Gasteiger partial charge is 0.224 e. The molecule has 0 fully saturated rings. The number of allylic oxidation sites excluding steroid dienone is 1. The van der Waals surface area contributed by atoms with Crippen LogP contribution in [0.1, 0.15) is 12.5 Å². The molecule has 1 aromatic rings. The fourth-order valence-corrected chi connectivity index (χ4v) is 1.04. The Morgan fingerprint density at radius 3 is 2.44 bits per heavy atom. The van der Waals surface area contributed by atoms with Gasteiger partial charge in [-0.25, -0.2) is 0 Å². The van der Waals surface area contributed by atoms with E-state index >= 15 is 0 Å². The highest BCUT2D eigenvalue weighted by atomic mass is 16.3. The molecule has 0 spiro atoms. The molecule has 0 aliphatic rings. The van der Waals surface area contributed by atoms with Gasteiger partial charge in [0.2, 0.25) is 5.78 Å². The van der Waals surface area contributed by atoms with Gasteiger partial charge in [0, 0.05) is 13.0 Å². The predicted octanol–water partition coefficient (Wildman–Crippen LogP) is 1.15. The Hall–Kier alpha value is -2.30. The number of para-hydroxylation sites is 1. The van der Waals surface area contributed by atoms with Crippen LogP contribution in [0.15, 0.2) is 24.3 Å². The zero-order valence-electron chi connectivity index (χ0n) is 8.47. The average molecular weight is 222 g/mol. The molecule has 0 bridgehead atoms. The predicted molar refractivity (Wildman–Crippen MR) is 56.1 cm³/mol. The van der Waals surface area contributed by atoms with Crippen molar-refractivity contribution >= 4 is 17.3 Å². The number of aliphatic hydroxyl groups is 1. The van der Waals surface area contributed by atoms with E-state index in [0.717, 1.165) is 6.92 Å². The van der Waals surface area contributed by atoms with Crippen LogP contribution in [0, 0.1) is 0 Å². The number of hydrogen-bond acceptors (Lipinski definition) is 5. The lowest BCUT2D eigenvalue weighted by Crippen LogP contribution is -2.06. The second kappa shape index (κ2) is 4.48. The summed E-state index contributed by atoms with van der Waals surface area (Å²) in [7, 11) is 0. The number of rotatable bonds is 3. The van der Waals surface area contributed by atoms with Gasteiger partial charge >= 0.3 is 0 Å². The zero-order valence-corrected chi connectivity index (χ0v) is 8.47. The first-order valence-corrected chi connectivity index (χ1v) is 4.40. The molecule has 0 unspecified atom stereocenters. The highest BCUT2D eigenvalue weighted by Gasteiger charge is 2.12. The van der Waals surface area contributed by atoms with Gasteiger partial charge in [0.25, 0.3) is 0 Å². The summed E-state index contributed by atoms with van der Waals surface area (Å²) in [6.45, 7) is 1.06. The van der Waals surface area contributed by atoms with E-state index in [2.05, 4.69) is 0 Å². The molecule has 1 rings (SSSR count). The summed E-state index contributed by atoms with van der Waals surface area (Å²) in [5.41, 5.74) is -0.116. The third-order valence-corrected chi connectivity index (χ3v) is 1.91. The van der Waals surface area contributed by atoms with Crippen molar-refractivity contribution in [3.05, 3.63) is 29.8 Å². The first-order chi connectivity index (χ1) is 7.43. The summed E-state index contributed by atoms with van der Waals surface area (Å²) in [6, 6.07) is 3.90. The summed E-state index contributed by atoms with van der Waals surface area (Å²) < 4.78 is 0. The Morgan fingerprint density at radius 1 is 1.25 bits per heavy atom. The van der Waals surface area contributed by atoms with Crippen molar-refractivity contribution in [1.82, 2.24) is 0 Å². The number of benzene rings is 1. The Morgan fingerprint density at radius 2 is 1.88 bits per heavy atom. The fraction of sp³-hybridized carbons (Fsp3) is 0.0909. The molecule has 0 aromatic heterocycles. The molecule has 0 amide bonds. The van der Waals surface area contributed by atoms with E-state index in [1.807, 2.05) is 0 Å². The van der Waals surface area contributed by atoms with E-state index in [-0.39, 0.29) is 5.56 Å². The molecule has 5 heteroatoms. The van der Waals surface area contributed by atoms with Crippen molar-refractivity contribution in [1.29, 1.82) is 0 Å². The number of phenols is 2. The standard InChI is InChI=1S/C11H10O5/c1-6(12)9(14)5-10(15)7-3-2-4-8(13)11(7)16/h2-5,13,15-16H,1H3. The zero-order chi connectivity index (χ0) is 12.3. The minimum atomic E-state index is -0.889. The molecular formula is C11H10O5. The largest absolute Gasteiger partial charge is 0.507 e. The topological polar surface area (TPSA) is 94.8 Å². The van der Waals surface area contributed by atoms with Gasteiger partial charge in [0.05, 0.1) is 5.56 Å². The van der Waals surface area contributed by atoms with Crippen molar-refractivity contribution < 1.29 is 24.9 Å². The van der Waals surface area contributed by atoms with Crippen molar-refractivity contribution in [3.8, 4) is 11.5 Å². The Bertz CT molecular complexity index is 473. The van der Waals surface area contributed by atoms with Crippen molar-refractivity contribution in [3.63, 3.8) is 0 Å². The van der Waals surface area contributed by atoms with Gasteiger partial charge < -0.3 is 15.3 Å². The van der Waals surface area contributed by atoms with Crippen LogP contribution in [0.3, 0.4) is 0 Å². The summed E-state index contributed by atoms with van der Waals surface area (Å²) >= 11 is 0. The summed E-state index contributed by atoms with van der Waals surface area (Å²) in [4.78, 5) is 21.6. The lowest BCUT2D eigenvalue weighted by atomic mass is 10.1. The first-order valence-electron chi connectivity index (χ1n) is 4.40. The molecule has 0 heterocycles. The minimum absolute atomic E-state index is 0.116. The molecule has 0 aliphatic carbocycles. The van der Waals surface area contributed by atoms with Gasteiger partial charge in [-0.05, 0) is 12.1 Å². The Kier molecular flexibility index (Phi) is 3.30. The highest BCUT2D eigenvalue weighted by molar-refractivity contribution is 6.41. The summed E-state index contributed by atoms with van der Waals surface area (Å²) in [6.07, 6.45) is 0.691. The second-order valence-corrected chi connectivity index (χ2v) is 3.12. The summed E-state index contributed by atoms with van der Waals surface area (Å²) in [5, 5.41) is 28.0. The molecule has 0 saturated carbocycles. The van der Waals surface area contributed by atoms with Crippen LogP contribution < -0.4 is 0 Å². The van der Waals surface area contributed by atoms with Crippen LogP contribution in [0.25, 0.3) is 5.76 Å². The average Bonchev–Trinajstić information content (AvgIpc) is 2.21. The van der Waals surface area contributed by atoms with Gasteiger partial charge in [-0.15, -0.1) is 0 Å². The Balaban J connectivity index is 3.15. The summed E-state index contributed by atoms with van der Waals surface area (Å²) in [5.74, 6) is -3.17. The minimum Gasteiger partial charge on any atom is -0.507 e. The van der Waals surface area contributed by atoms with E-state index in [9.17, 15) is 19.8 Å².